The number of ether oxygens (including phenoxy) is 2. The average Bonchev–Trinajstić information content (AvgIpc) is 2.90. The third-order valence-corrected chi connectivity index (χ3v) is 5.58. The van der Waals surface area contributed by atoms with Gasteiger partial charge < -0.3 is 36.3 Å². The monoisotopic (exact) mass is 493 g/mol. The number of hydrogen-bond acceptors (Lipinski definition) is 10. The Labute approximate surface area is 207 Å². The molecule has 2 aromatic heterocycles. The molecule has 1 fully saturated rings. The summed E-state index contributed by atoms with van der Waals surface area (Å²) in [6.07, 6.45) is 4.92. The maximum atomic E-state index is 13.1. The number of benzene rings is 1. The van der Waals surface area contributed by atoms with Crippen molar-refractivity contribution in [1.82, 2.24) is 15.0 Å². The van der Waals surface area contributed by atoms with Crippen LogP contribution in [0.15, 0.2) is 48.9 Å². The van der Waals surface area contributed by atoms with Crippen molar-refractivity contribution < 1.29 is 24.2 Å². The lowest BCUT2D eigenvalue weighted by Gasteiger charge is -2.30. The molecule has 3 heterocycles. The van der Waals surface area contributed by atoms with Gasteiger partial charge in [-0.25, -0.2) is 9.97 Å². The van der Waals surface area contributed by atoms with Gasteiger partial charge in [-0.2, -0.15) is 0 Å². The van der Waals surface area contributed by atoms with E-state index in [9.17, 15) is 9.59 Å². The number of nitrogens with one attached hydrogen (secondary N) is 1. The van der Waals surface area contributed by atoms with Crippen LogP contribution >= 0.6 is 0 Å². The Morgan fingerprint density at radius 1 is 1.17 bits per heavy atom. The Bertz CT molecular complexity index is 1220. The third kappa shape index (κ3) is 6.03. The van der Waals surface area contributed by atoms with Gasteiger partial charge in [-0.1, -0.05) is 0 Å². The maximum absolute atomic E-state index is 13.1. The summed E-state index contributed by atoms with van der Waals surface area (Å²) in [5, 5.41) is 11.7. The number of rotatable bonds is 9. The summed E-state index contributed by atoms with van der Waals surface area (Å²) < 4.78 is 11.0. The highest BCUT2D eigenvalue weighted by molar-refractivity contribution is 6.07. The molecule has 6 N–H and O–H groups in total. The van der Waals surface area contributed by atoms with Gasteiger partial charge in [0.1, 0.15) is 11.8 Å². The van der Waals surface area contributed by atoms with Crippen LogP contribution in [-0.4, -0.2) is 70.9 Å². The molecule has 188 valence electrons. The van der Waals surface area contributed by atoms with Crippen molar-refractivity contribution >= 4 is 29.1 Å². The number of morpholine rings is 1. The zero-order valence-electron chi connectivity index (χ0n) is 19.5. The molecule has 0 radical (unpaired) electrons. The fourth-order valence-electron chi connectivity index (χ4n) is 3.60. The van der Waals surface area contributed by atoms with Gasteiger partial charge in [0, 0.05) is 31.3 Å². The van der Waals surface area contributed by atoms with Crippen LogP contribution in [-0.2, 0) is 9.53 Å². The fraction of sp³-hybridized carbons (Fsp3) is 0.292. The zero-order chi connectivity index (χ0) is 25.5. The maximum Gasteiger partial charge on any atom is 0.320 e. The van der Waals surface area contributed by atoms with Crippen molar-refractivity contribution in [3.63, 3.8) is 0 Å². The van der Waals surface area contributed by atoms with Crippen LogP contribution in [0, 0.1) is 0 Å². The van der Waals surface area contributed by atoms with Gasteiger partial charge in [0.05, 0.1) is 49.3 Å². The summed E-state index contributed by atoms with van der Waals surface area (Å²) in [6, 6.07) is 7.80. The quantitative estimate of drug-likeness (QED) is 0.338. The predicted octanol–water partition coefficient (Wildman–Crippen LogP) is 1.39. The zero-order valence-corrected chi connectivity index (χ0v) is 19.5. The lowest BCUT2D eigenvalue weighted by molar-refractivity contribution is -0.138. The number of aromatic nitrogens is 3. The van der Waals surface area contributed by atoms with Crippen LogP contribution < -0.4 is 26.4 Å². The second-order valence-corrected chi connectivity index (χ2v) is 8.04. The minimum Gasteiger partial charge on any atom is -0.494 e. The molecule has 4 rings (SSSR count). The number of carbonyl (C=O) groups excluding carboxylic acids is 1. The molecule has 12 nitrogen and oxygen atoms in total. The molecular formula is C24H27N7O5. The van der Waals surface area contributed by atoms with Crippen molar-refractivity contribution in [3.8, 4) is 17.0 Å². The van der Waals surface area contributed by atoms with E-state index < -0.39 is 17.9 Å². The van der Waals surface area contributed by atoms with Crippen molar-refractivity contribution in [2.45, 2.75) is 12.5 Å². The number of nitrogens with two attached hydrogens (primary N) is 2. The van der Waals surface area contributed by atoms with E-state index in [1.54, 1.807) is 36.7 Å². The number of carboxylic acid groups (broad SMARTS) is 1. The van der Waals surface area contributed by atoms with E-state index >= 15 is 0 Å². The number of amides is 1. The van der Waals surface area contributed by atoms with Gasteiger partial charge in [-0.05, 0) is 30.3 Å². The Morgan fingerprint density at radius 3 is 2.64 bits per heavy atom. The molecular weight excluding hydrogens is 466 g/mol. The first-order valence-corrected chi connectivity index (χ1v) is 11.3. The Kier molecular flexibility index (Phi) is 7.88. The van der Waals surface area contributed by atoms with E-state index in [-0.39, 0.29) is 24.5 Å². The van der Waals surface area contributed by atoms with Gasteiger partial charge in [0.2, 0.25) is 0 Å². The molecule has 1 aliphatic heterocycles. The number of carboxylic acids is 1. The predicted molar refractivity (Wildman–Crippen MR) is 133 cm³/mol. The largest absolute Gasteiger partial charge is 0.494 e. The molecule has 0 unspecified atom stereocenters. The van der Waals surface area contributed by atoms with E-state index in [2.05, 4.69) is 25.2 Å². The van der Waals surface area contributed by atoms with Crippen molar-refractivity contribution in [3.05, 3.63) is 54.6 Å². The molecule has 1 amide bonds. The first-order chi connectivity index (χ1) is 17.4. The second kappa shape index (κ2) is 11.4. The van der Waals surface area contributed by atoms with Crippen LogP contribution in [0.4, 0.5) is 17.2 Å². The molecule has 0 bridgehead atoms. The fourth-order valence-corrected chi connectivity index (χ4v) is 3.60. The van der Waals surface area contributed by atoms with Crippen molar-refractivity contribution in [2.75, 3.05) is 48.9 Å². The molecule has 1 aromatic carbocycles. The first-order valence-electron chi connectivity index (χ1n) is 11.3. The van der Waals surface area contributed by atoms with Crippen LogP contribution in [0.25, 0.3) is 11.3 Å². The molecule has 1 aliphatic rings. The van der Waals surface area contributed by atoms with Gasteiger partial charge in [-0.3, -0.25) is 14.6 Å². The molecule has 0 aliphatic carbocycles. The van der Waals surface area contributed by atoms with E-state index in [0.717, 1.165) is 5.69 Å². The summed E-state index contributed by atoms with van der Waals surface area (Å²) in [6.45, 7) is 2.79. The van der Waals surface area contributed by atoms with Crippen molar-refractivity contribution in [2.24, 2.45) is 5.73 Å². The average molecular weight is 494 g/mol. The van der Waals surface area contributed by atoms with E-state index in [4.69, 9.17) is 26.0 Å². The number of hydrogen-bond donors (Lipinski definition) is 4. The number of nitrogen functional groups attached to an aromatic ring is 1. The van der Waals surface area contributed by atoms with Gasteiger partial charge in [0.25, 0.3) is 5.91 Å². The molecule has 36 heavy (non-hydrogen) atoms. The molecule has 0 spiro atoms. The molecule has 3 aromatic rings. The SMILES string of the molecule is Nc1ncc(-c2ccc(OCC[C@@H](N)C(=O)O)cc2)nc1C(=O)Nc1cnccc1N1CCOCC1. The Balaban J connectivity index is 1.46. The highest BCUT2D eigenvalue weighted by Gasteiger charge is 2.20. The molecule has 1 saturated heterocycles. The molecule has 0 saturated carbocycles. The van der Waals surface area contributed by atoms with Crippen LogP contribution in [0.2, 0.25) is 0 Å². The minimum atomic E-state index is -1.07. The number of pyridine rings is 1. The summed E-state index contributed by atoms with van der Waals surface area (Å²) >= 11 is 0. The minimum absolute atomic E-state index is 0.00258. The van der Waals surface area contributed by atoms with Gasteiger partial charge in [0.15, 0.2) is 11.5 Å². The standard InChI is InChI=1S/C24H27N7O5/c25-17(24(33)34)6-10-36-16-3-1-15(2-4-16)18-14-28-22(26)21(29-18)23(32)30-19-13-27-7-5-20(19)31-8-11-35-12-9-31/h1-5,7,13-14,17H,6,8-12,25H2,(H2,26,28)(H,30,32)(H,33,34)/t17-/m1/s1. The highest BCUT2D eigenvalue weighted by atomic mass is 16.5. The summed E-state index contributed by atoms with van der Waals surface area (Å²) in [5.41, 5.74) is 14.0. The number of anilines is 3. The summed E-state index contributed by atoms with van der Waals surface area (Å²) in [4.78, 5) is 38.7. The van der Waals surface area contributed by atoms with Crippen LogP contribution in [0.3, 0.4) is 0 Å². The van der Waals surface area contributed by atoms with Crippen molar-refractivity contribution in [1.29, 1.82) is 0 Å². The lowest BCUT2D eigenvalue weighted by atomic mass is 10.1. The van der Waals surface area contributed by atoms with E-state index in [1.807, 2.05) is 6.07 Å². The normalized spacial score (nSPS) is 14.2. The summed E-state index contributed by atoms with van der Waals surface area (Å²) in [7, 11) is 0. The first kappa shape index (κ1) is 24.8. The van der Waals surface area contributed by atoms with Gasteiger partial charge >= 0.3 is 5.97 Å². The lowest BCUT2D eigenvalue weighted by Crippen LogP contribution is -2.36. The molecule has 12 heteroatoms. The Morgan fingerprint density at radius 2 is 1.92 bits per heavy atom. The number of carbonyl (C=O) groups is 2. The Hall–Kier alpha value is -4.29. The highest BCUT2D eigenvalue weighted by Crippen LogP contribution is 2.27. The van der Waals surface area contributed by atoms with Crippen LogP contribution in [0.5, 0.6) is 5.75 Å². The molecule has 1 atom stereocenters. The van der Waals surface area contributed by atoms with E-state index in [0.29, 0.717) is 49.0 Å². The van der Waals surface area contributed by atoms with Crippen LogP contribution in [0.1, 0.15) is 16.9 Å². The van der Waals surface area contributed by atoms with E-state index in [1.165, 1.54) is 6.20 Å². The third-order valence-electron chi connectivity index (χ3n) is 5.58. The number of aliphatic carboxylic acids is 1. The second-order valence-electron chi connectivity index (χ2n) is 8.04. The summed E-state index contributed by atoms with van der Waals surface area (Å²) in [5.74, 6) is -1.02. The number of nitrogens with zero attached hydrogens (tertiary/aromatic N) is 4. The van der Waals surface area contributed by atoms with Gasteiger partial charge in [-0.15, -0.1) is 0 Å². The smallest absolute Gasteiger partial charge is 0.320 e. The topological polar surface area (TPSA) is 179 Å².